The zero-order chi connectivity index (χ0) is 14.8. The molecule has 1 aliphatic heterocycles. The molecule has 1 N–H and O–H groups in total. The van der Waals surface area contributed by atoms with Gasteiger partial charge in [0, 0.05) is 22.4 Å². The van der Waals surface area contributed by atoms with Crippen molar-refractivity contribution in [2.45, 2.75) is 18.2 Å². The average Bonchev–Trinajstić information content (AvgIpc) is 2.92. The van der Waals surface area contributed by atoms with Gasteiger partial charge in [-0.15, -0.1) is 22.9 Å². The molecule has 1 unspecified atom stereocenters. The Morgan fingerprint density at radius 1 is 1.38 bits per heavy atom. The second-order valence-electron chi connectivity index (χ2n) is 5.03. The van der Waals surface area contributed by atoms with E-state index in [0.29, 0.717) is 0 Å². The summed E-state index contributed by atoms with van der Waals surface area (Å²) in [6.07, 6.45) is 1.90. The molecular formula is C16H16ClNO2S. The summed E-state index contributed by atoms with van der Waals surface area (Å²) < 4.78 is 5.19. The molecule has 3 nitrogen and oxygen atoms in total. The number of thiophene rings is 1. The van der Waals surface area contributed by atoms with E-state index in [-0.39, 0.29) is 11.3 Å². The van der Waals surface area contributed by atoms with E-state index in [4.69, 9.17) is 16.3 Å². The molecule has 0 bridgehead atoms. The fourth-order valence-electron chi connectivity index (χ4n) is 2.50. The third kappa shape index (κ3) is 2.92. The van der Waals surface area contributed by atoms with Crippen LogP contribution in [0.3, 0.4) is 0 Å². The van der Waals surface area contributed by atoms with Crippen LogP contribution >= 0.6 is 22.9 Å². The molecule has 1 aromatic carbocycles. The molecule has 1 atom stereocenters. The number of hydrogen-bond acceptors (Lipinski definition) is 3. The zero-order valence-corrected chi connectivity index (χ0v) is 13.3. The minimum absolute atomic E-state index is 0.00280. The molecule has 1 aliphatic rings. The van der Waals surface area contributed by atoms with Gasteiger partial charge in [0.2, 0.25) is 0 Å². The van der Waals surface area contributed by atoms with E-state index in [1.807, 2.05) is 29.6 Å². The number of halogens is 1. The summed E-state index contributed by atoms with van der Waals surface area (Å²) in [6, 6.07) is 7.89. The normalized spacial score (nSPS) is 15.8. The van der Waals surface area contributed by atoms with Crippen LogP contribution in [0.25, 0.3) is 0 Å². The fraction of sp³-hybridized carbons (Fsp3) is 0.312. The third-order valence-electron chi connectivity index (χ3n) is 3.66. The summed E-state index contributed by atoms with van der Waals surface area (Å²) in [5, 5.41) is 4.59. The average molecular weight is 322 g/mol. The van der Waals surface area contributed by atoms with Gasteiger partial charge >= 0.3 is 0 Å². The maximum atomic E-state index is 12.1. The highest BCUT2D eigenvalue weighted by Crippen LogP contribution is 2.36. The summed E-state index contributed by atoms with van der Waals surface area (Å²) in [7, 11) is 1.64. The van der Waals surface area contributed by atoms with Crippen molar-refractivity contribution in [1.29, 1.82) is 0 Å². The van der Waals surface area contributed by atoms with Gasteiger partial charge in [0.1, 0.15) is 5.75 Å². The van der Waals surface area contributed by atoms with E-state index in [1.54, 1.807) is 18.4 Å². The quantitative estimate of drug-likeness (QED) is 0.874. The Morgan fingerprint density at radius 3 is 3.00 bits per heavy atom. The summed E-state index contributed by atoms with van der Waals surface area (Å²) in [5.74, 6) is 0.810. The zero-order valence-electron chi connectivity index (χ0n) is 11.7. The van der Waals surface area contributed by atoms with Gasteiger partial charge in [0.25, 0.3) is 5.91 Å². The first-order valence-electron chi connectivity index (χ1n) is 6.86. The number of carbonyl (C=O) groups is 1. The standard InChI is InChI=1S/C16H16ClNO2S/c1-20-12-8-14(21-9-12)15(17)11-5-4-10-3-2-6-18-16(19)13(10)7-11/h4-5,7-9,15H,2-3,6H2,1H3,(H,18,19). The molecule has 2 aromatic rings. The van der Waals surface area contributed by atoms with Crippen molar-refractivity contribution >= 4 is 28.8 Å². The van der Waals surface area contributed by atoms with Crippen molar-refractivity contribution in [2.24, 2.45) is 0 Å². The predicted octanol–water partition coefficient (Wildman–Crippen LogP) is 3.76. The highest BCUT2D eigenvalue weighted by molar-refractivity contribution is 7.10. The maximum Gasteiger partial charge on any atom is 0.251 e. The molecule has 0 aliphatic carbocycles. The van der Waals surface area contributed by atoms with Gasteiger partial charge < -0.3 is 10.1 Å². The summed E-state index contributed by atoms with van der Waals surface area (Å²) in [5.41, 5.74) is 2.79. The molecule has 0 saturated heterocycles. The molecule has 2 heterocycles. The van der Waals surface area contributed by atoms with Crippen LogP contribution < -0.4 is 10.1 Å². The van der Waals surface area contributed by atoms with E-state index < -0.39 is 0 Å². The van der Waals surface area contributed by atoms with Gasteiger partial charge in [-0.2, -0.15) is 0 Å². The van der Waals surface area contributed by atoms with Crippen LogP contribution in [0.5, 0.6) is 5.75 Å². The van der Waals surface area contributed by atoms with E-state index >= 15 is 0 Å². The largest absolute Gasteiger partial charge is 0.496 e. The van der Waals surface area contributed by atoms with Crippen LogP contribution in [0.1, 0.15) is 38.2 Å². The number of methoxy groups -OCH3 is 1. The first-order chi connectivity index (χ1) is 10.2. The first-order valence-corrected chi connectivity index (χ1v) is 8.18. The Bertz CT molecular complexity index is 668. The van der Waals surface area contributed by atoms with Crippen molar-refractivity contribution in [3.05, 3.63) is 51.2 Å². The lowest BCUT2D eigenvalue weighted by Gasteiger charge is -2.11. The molecule has 3 rings (SSSR count). The number of benzene rings is 1. The SMILES string of the molecule is COc1csc(C(Cl)c2ccc3c(c2)C(=O)NCCC3)c1. The molecule has 21 heavy (non-hydrogen) atoms. The van der Waals surface area contributed by atoms with E-state index in [2.05, 4.69) is 5.32 Å². The van der Waals surface area contributed by atoms with Crippen LogP contribution in [0.15, 0.2) is 29.6 Å². The minimum atomic E-state index is -0.264. The van der Waals surface area contributed by atoms with Crippen molar-refractivity contribution < 1.29 is 9.53 Å². The molecule has 5 heteroatoms. The van der Waals surface area contributed by atoms with Gasteiger partial charge in [-0.1, -0.05) is 12.1 Å². The second kappa shape index (κ2) is 6.08. The molecule has 0 saturated carbocycles. The van der Waals surface area contributed by atoms with Crippen LogP contribution in [0.4, 0.5) is 0 Å². The topological polar surface area (TPSA) is 38.3 Å². The Balaban J connectivity index is 1.93. The molecule has 0 radical (unpaired) electrons. The number of ether oxygens (including phenoxy) is 1. The van der Waals surface area contributed by atoms with E-state index in [1.165, 1.54) is 0 Å². The molecule has 0 fully saturated rings. The maximum absolute atomic E-state index is 12.1. The molecule has 1 aromatic heterocycles. The lowest BCUT2D eigenvalue weighted by atomic mass is 9.99. The Labute approximate surface area is 132 Å². The van der Waals surface area contributed by atoms with Gasteiger partial charge in [0.05, 0.1) is 12.5 Å². The van der Waals surface area contributed by atoms with Crippen LogP contribution in [-0.4, -0.2) is 19.6 Å². The second-order valence-corrected chi connectivity index (χ2v) is 6.41. The van der Waals surface area contributed by atoms with Crippen LogP contribution in [0, 0.1) is 0 Å². The van der Waals surface area contributed by atoms with Crippen LogP contribution in [0.2, 0.25) is 0 Å². The third-order valence-corrected chi connectivity index (χ3v) is 5.25. The highest BCUT2D eigenvalue weighted by Gasteiger charge is 2.19. The number of fused-ring (bicyclic) bond motifs is 1. The number of carbonyl (C=O) groups excluding carboxylic acids is 1. The Kier molecular flexibility index (Phi) is 4.17. The summed E-state index contributed by atoms with van der Waals surface area (Å²) in [4.78, 5) is 13.1. The number of rotatable bonds is 3. The lowest BCUT2D eigenvalue weighted by molar-refractivity contribution is 0.0956. The fourth-order valence-corrected chi connectivity index (χ4v) is 3.70. The number of aryl methyl sites for hydroxylation is 1. The smallest absolute Gasteiger partial charge is 0.251 e. The predicted molar refractivity (Wildman–Crippen MR) is 85.7 cm³/mol. The molecule has 0 spiro atoms. The lowest BCUT2D eigenvalue weighted by Crippen LogP contribution is -2.22. The molecule has 1 amide bonds. The first kappa shape index (κ1) is 14.4. The number of alkyl halides is 1. The van der Waals surface area contributed by atoms with Crippen molar-refractivity contribution in [3.63, 3.8) is 0 Å². The minimum Gasteiger partial charge on any atom is -0.496 e. The summed E-state index contributed by atoms with van der Waals surface area (Å²) in [6.45, 7) is 0.731. The Hall–Kier alpha value is -1.52. The van der Waals surface area contributed by atoms with Crippen molar-refractivity contribution in [1.82, 2.24) is 5.32 Å². The van der Waals surface area contributed by atoms with E-state index in [9.17, 15) is 4.79 Å². The summed E-state index contributed by atoms with van der Waals surface area (Å²) >= 11 is 8.12. The molecule has 110 valence electrons. The highest BCUT2D eigenvalue weighted by atomic mass is 35.5. The van der Waals surface area contributed by atoms with Gasteiger partial charge in [-0.05, 0) is 36.1 Å². The Morgan fingerprint density at radius 2 is 2.24 bits per heavy atom. The van der Waals surface area contributed by atoms with Crippen molar-refractivity contribution in [2.75, 3.05) is 13.7 Å². The van der Waals surface area contributed by atoms with E-state index in [0.717, 1.165) is 46.7 Å². The van der Waals surface area contributed by atoms with Crippen LogP contribution in [-0.2, 0) is 6.42 Å². The van der Waals surface area contributed by atoms with Crippen molar-refractivity contribution in [3.8, 4) is 5.75 Å². The molecular weight excluding hydrogens is 306 g/mol. The monoisotopic (exact) mass is 321 g/mol. The van der Waals surface area contributed by atoms with Gasteiger partial charge in [-0.3, -0.25) is 4.79 Å². The van der Waals surface area contributed by atoms with Gasteiger partial charge in [0.15, 0.2) is 0 Å². The van der Waals surface area contributed by atoms with Gasteiger partial charge in [-0.25, -0.2) is 0 Å². The number of hydrogen-bond donors (Lipinski definition) is 1. The number of amides is 1. The number of nitrogens with one attached hydrogen (secondary N) is 1.